The summed E-state index contributed by atoms with van der Waals surface area (Å²) in [6.45, 7) is 1.94. The van der Waals surface area contributed by atoms with E-state index in [1.165, 1.54) is 11.8 Å². The maximum Gasteiger partial charge on any atom is 0.194 e. The molecule has 0 atom stereocenters. The van der Waals surface area contributed by atoms with Gasteiger partial charge in [-0.1, -0.05) is 6.07 Å². The zero-order chi connectivity index (χ0) is 10.7. The first kappa shape index (κ1) is 10.6. The highest BCUT2D eigenvalue weighted by Gasteiger charge is 2.01. The van der Waals surface area contributed by atoms with E-state index in [0.29, 0.717) is 0 Å². The lowest BCUT2D eigenvalue weighted by Gasteiger charge is -2.00. The van der Waals surface area contributed by atoms with E-state index in [4.69, 9.17) is 0 Å². The molecule has 0 aromatic carbocycles. The Morgan fingerprint density at radius 3 is 2.80 bits per heavy atom. The fourth-order valence-corrected chi connectivity index (χ4v) is 2.26. The topological polar surface area (TPSA) is 38.7 Å². The van der Waals surface area contributed by atoms with E-state index in [1.54, 1.807) is 6.20 Å². The summed E-state index contributed by atoms with van der Waals surface area (Å²) in [7, 11) is 0. The molecular weight excluding hydrogens is 274 g/mol. The third kappa shape index (κ3) is 3.00. The number of halogens is 1. The summed E-state index contributed by atoms with van der Waals surface area (Å²) in [5, 5.41) is 1.61. The van der Waals surface area contributed by atoms with E-state index in [1.807, 2.05) is 31.2 Å². The van der Waals surface area contributed by atoms with Crippen molar-refractivity contribution in [2.24, 2.45) is 0 Å². The van der Waals surface area contributed by atoms with E-state index < -0.39 is 0 Å². The van der Waals surface area contributed by atoms with Crippen LogP contribution in [-0.4, -0.2) is 15.0 Å². The summed E-state index contributed by atoms with van der Waals surface area (Å²) in [5.41, 5.74) is 0.961. The van der Waals surface area contributed by atoms with Crippen molar-refractivity contribution in [3.63, 3.8) is 0 Å². The van der Waals surface area contributed by atoms with Gasteiger partial charge in [0, 0.05) is 11.9 Å². The maximum absolute atomic E-state index is 4.30. The average molecular weight is 282 g/mol. The second-order valence-electron chi connectivity index (χ2n) is 2.88. The van der Waals surface area contributed by atoms with E-state index in [-0.39, 0.29) is 0 Å². The van der Waals surface area contributed by atoms with Crippen LogP contribution in [0.1, 0.15) is 5.69 Å². The lowest BCUT2D eigenvalue weighted by molar-refractivity contribution is 0.927. The molecule has 0 fully saturated rings. The van der Waals surface area contributed by atoms with Gasteiger partial charge in [0.2, 0.25) is 0 Å². The lowest BCUT2D eigenvalue weighted by Crippen LogP contribution is -1.89. The molecule has 0 aliphatic heterocycles. The first-order valence-electron chi connectivity index (χ1n) is 4.34. The molecule has 0 N–H and O–H groups in total. The van der Waals surface area contributed by atoms with Gasteiger partial charge in [-0.05, 0) is 52.8 Å². The molecule has 2 aromatic rings. The second-order valence-corrected chi connectivity index (χ2v) is 4.68. The molecule has 0 saturated heterocycles. The lowest BCUT2D eigenvalue weighted by atomic mass is 10.5. The van der Waals surface area contributed by atoms with E-state index >= 15 is 0 Å². The monoisotopic (exact) mass is 281 g/mol. The Bertz CT molecular complexity index is 432. The molecule has 76 valence electrons. The predicted molar refractivity (Wildman–Crippen MR) is 62.8 cm³/mol. The fourth-order valence-electron chi connectivity index (χ4n) is 1.02. The number of hydrogen-bond acceptors (Lipinski definition) is 4. The van der Waals surface area contributed by atoms with Crippen LogP contribution in [0.2, 0.25) is 0 Å². The molecule has 0 amide bonds. The molecule has 0 saturated carbocycles. The van der Waals surface area contributed by atoms with Gasteiger partial charge in [-0.2, -0.15) is 0 Å². The van der Waals surface area contributed by atoms with Gasteiger partial charge in [0.05, 0.1) is 0 Å². The Balaban J connectivity index is 2.22. The molecule has 0 spiro atoms. The Hall–Kier alpha value is -0.940. The fraction of sp³-hybridized carbons (Fsp3) is 0.100. The Morgan fingerprint density at radius 2 is 2.07 bits per heavy atom. The van der Waals surface area contributed by atoms with Crippen LogP contribution in [-0.2, 0) is 0 Å². The Labute approximate surface area is 101 Å². The van der Waals surface area contributed by atoms with Crippen molar-refractivity contribution in [3.8, 4) is 0 Å². The molecule has 2 aromatic heterocycles. The second kappa shape index (κ2) is 4.72. The predicted octanol–water partition coefficient (Wildman–Crippen LogP) is 3.09. The maximum atomic E-state index is 4.30. The third-order valence-corrected chi connectivity index (χ3v) is 2.92. The molecule has 2 rings (SSSR count). The van der Waals surface area contributed by atoms with Crippen LogP contribution in [0.15, 0.2) is 45.2 Å². The van der Waals surface area contributed by atoms with Gasteiger partial charge >= 0.3 is 0 Å². The van der Waals surface area contributed by atoms with Gasteiger partial charge in [0.15, 0.2) is 5.16 Å². The molecule has 2 heterocycles. The van der Waals surface area contributed by atoms with Crippen LogP contribution in [0.5, 0.6) is 0 Å². The SMILES string of the molecule is Cc1ccnc(Sc2cccc(Br)n2)n1. The van der Waals surface area contributed by atoms with Crippen molar-refractivity contribution in [1.29, 1.82) is 0 Å². The van der Waals surface area contributed by atoms with Gasteiger partial charge < -0.3 is 0 Å². The van der Waals surface area contributed by atoms with Gasteiger partial charge in [0.1, 0.15) is 9.63 Å². The number of pyridine rings is 1. The summed E-state index contributed by atoms with van der Waals surface area (Å²) >= 11 is 4.78. The van der Waals surface area contributed by atoms with Crippen LogP contribution >= 0.6 is 27.7 Å². The summed E-state index contributed by atoms with van der Waals surface area (Å²) < 4.78 is 0.820. The van der Waals surface area contributed by atoms with Crippen molar-refractivity contribution in [2.75, 3.05) is 0 Å². The minimum Gasteiger partial charge on any atom is -0.234 e. The minimum absolute atomic E-state index is 0.723. The number of nitrogens with zero attached hydrogens (tertiary/aromatic N) is 3. The first-order valence-corrected chi connectivity index (χ1v) is 5.95. The number of hydrogen-bond donors (Lipinski definition) is 0. The molecule has 0 bridgehead atoms. The molecule has 0 radical (unpaired) electrons. The average Bonchev–Trinajstić information content (AvgIpc) is 2.17. The van der Waals surface area contributed by atoms with Crippen LogP contribution < -0.4 is 0 Å². The number of aryl methyl sites for hydroxylation is 1. The van der Waals surface area contributed by atoms with Crippen LogP contribution in [0.25, 0.3) is 0 Å². The quantitative estimate of drug-likeness (QED) is 0.626. The zero-order valence-electron chi connectivity index (χ0n) is 8.01. The van der Waals surface area contributed by atoms with Crippen molar-refractivity contribution in [3.05, 3.63) is 40.8 Å². The molecular formula is C10H8BrN3S. The van der Waals surface area contributed by atoms with Crippen molar-refractivity contribution in [1.82, 2.24) is 15.0 Å². The van der Waals surface area contributed by atoms with Crippen molar-refractivity contribution >= 4 is 27.7 Å². The minimum atomic E-state index is 0.723. The molecule has 5 heteroatoms. The van der Waals surface area contributed by atoms with Crippen LogP contribution in [0.3, 0.4) is 0 Å². The van der Waals surface area contributed by atoms with Gasteiger partial charge in [-0.15, -0.1) is 0 Å². The highest BCUT2D eigenvalue weighted by atomic mass is 79.9. The van der Waals surface area contributed by atoms with Gasteiger partial charge in [-0.3, -0.25) is 0 Å². The zero-order valence-corrected chi connectivity index (χ0v) is 10.4. The highest BCUT2D eigenvalue weighted by molar-refractivity contribution is 9.10. The molecule has 0 aliphatic rings. The third-order valence-electron chi connectivity index (χ3n) is 1.66. The smallest absolute Gasteiger partial charge is 0.194 e. The van der Waals surface area contributed by atoms with Gasteiger partial charge in [0.25, 0.3) is 0 Å². The van der Waals surface area contributed by atoms with Crippen molar-refractivity contribution < 1.29 is 0 Å². The van der Waals surface area contributed by atoms with E-state index in [0.717, 1.165) is 20.5 Å². The largest absolute Gasteiger partial charge is 0.234 e. The van der Waals surface area contributed by atoms with Crippen LogP contribution in [0, 0.1) is 6.92 Å². The highest BCUT2D eigenvalue weighted by Crippen LogP contribution is 2.23. The Morgan fingerprint density at radius 1 is 1.20 bits per heavy atom. The summed E-state index contributed by atoms with van der Waals surface area (Å²) in [5.74, 6) is 0. The first-order chi connectivity index (χ1) is 7.24. The van der Waals surface area contributed by atoms with Crippen LogP contribution in [0.4, 0.5) is 0 Å². The molecule has 15 heavy (non-hydrogen) atoms. The normalized spacial score (nSPS) is 10.3. The van der Waals surface area contributed by atoms with Crippen molar-refractivity contribution in [2.45, 2.75) is 17.1 Å². The Kier molecular flexibility index (Phi) is 3.33. The molecule has 0 unspecified atom stereocenters. The van der Waals surface area contributed by atoms with E-state index in [2.05, 4.69) is 30.9 Å². The summed E-state index contributed by atoms with van der Waals surface area (Å²) in [6, 6.07) is 7.63. The van der Waals surface area contributed by atoms with E-state index in [9.17, 15) is 0 Å². The standard InChI is InChI=1S/C10H8BrN3S/c1-7-5-6-12-10(13-7)15-9-4-2-3-8(11)14-9/h2-6H,1H3. The number of rotatable bonds is 2. The summed E-state index contributed by atoms with van der Waals surface area (Å²) in [6.07, 6.45) is 1.75. The number of aromatic nitrogens is 3. The molecule has 0 aliphatic carbocycles. The molecule has 3 nitrogen and oxygen atoms in total. The van der Waals surface area contributed by atoms with Gasteiger partial charge in [-0.25, -0.2) is 15.0 Å². The summed E-state index contributed by atoms with van der Waals surface area (Å²) in [4.78, 5) is 12.8.